The Balaban J connectivity index is 1.53. The van der Waals surface area contributed by atoms with Crippen molar-refractivity contribution in [3.8, 4) is 0 Å². The fraction of sp³-hybridized carbons (Fsp3) is 0.733. The van der Waals surface area contributed by atoms with Gasteiger partial charge >= 0.3 is 0 Å². The Labute approximate surface area is 107 Å². The summed E-state index contributed by atoms with van der Waals surface area (Å²) in [5.41, 5.74) is 0. The molecule has 3 saturated carbocycles. The van der Waals surface area contributed by atoms with Crippen molar-refractivity contribution < 1.29 is 5.11 Å². The molecule has 0 amide bonds. The maximum absolute atomic E-state index is 10.5. The number of hydrogen-bond acceptors (Lipinski definition) is 2. The van der Waals surface area contributed by atoms with Crippen LogP contribution in [0.25, 0.3) is 0 Å². The van der Waals surface area contributed by atoms with Gasteiger partial charge in [0.2, 0.25) is 0 Å². The fourth-order valence-electron chi connectivity index (χ4n) is 4.75. The summed E-state index contributed by atoms with van der Waals surface area (Å²) in [6.07, 6.45) is 5.31. The number of aliphatic hydroxyl groups excluding tert-OH is 1. The Morgan fingerprint density at radius 3 is 2.59 bits per heavy atom. The Morgan fingerprint density at radius 2 is 2.00 bits per heavy atom. The molecule has 92 valence electrons. The van der Waals surface area contributed by atoms with Crippen LogP contribution in [-0.4, -0.2) is 5.11 Å². The van der Waals surface area contributed by atoms with Gasteiger partial charge in [-0.05, 0) is 67.4 Å². The molecular formula is C15H20OS. The molecule has 0 spiro atoms. The molecule has 0 aliphatic heterocycles. The summed E-state index contributed by atoms with van der Waals surface area (Å²) in [4.78, 5) is 2.63. The van der Waals surface area contributed by atoms with Crippen molar-refractivity contribution in [2.75, 3.05) is 0 Å². The highest BCUT2D eigenvalue weighted by molar-refractivity contribution is 7.12. The standard InChI is InChI=1S/C15H20OS/c1-2-10-5-6-11(17-10)15(16)14-12-8-3-4-9(7-8)13(12)14/h5-6,8-9,12-16H,2-4,7H2,1H3. The number of rotatable bonds is 3. The summed E-state index contributed by atoms with van der Waals surface area (Å²) < 4.78 is 0. The second-order valence-electron chi connectivity index (χ2n) is 6.17. The highest BCUT2D eigenvalue weighted by atomic mass is 32.1. The molecule has 1 N–H and O–H groups in total. The van der Waals surface area contributed by atoms with E-state index in [0.717, 1.165) is 30.1 Å². The summed E-state index contributed by atoms with van der Waals surface area (Å²) >= 11 is 1.82. The average molecular weight is 248 g/mol. The van der Waals surface area contributed by atoms with Crippen LogP contribution in [0.2, 0.25) is 0 Å². The molecule has 17 heavy (non-hydrogen) atoms. The second kappa shape index (κ2) is 3.58. The summed E-state index contributed by atoms with van der Waals surface area (Å²) in [7, 11) is 0. The lowest BCUT2D eigenvalue weighted by atomic mass is 9.98. The predicted octanol–water partition coefficient (Wildman–Crippen LogP) is 3.64. The second-order valence-corrected chi connectivity index (χ2v) is 7.37. The molecule has 5 atom stereocenters. The van der Waals surface area contributed by atoms with E-state index in [2.05, 4.69) is 19.1 Å². The van der Waals surface area contributed by atoms with Crippen LogP contribution in [0, 0.1) is 29.6 Å². The number of aliphatic hydroxyl groups is 1. The third kappa shape index (κ3) is 1.40. The number of aryl methyl sites for hydroxylation is 1. The van der Waals surface area contributed by atoms with E-state index >= 15 is 0 Å². The molecule has 0 radical (unpaired) electrons. The Hall–Kier alpha value is -0.340. The SMILES string of the molecule is CCc1ccc(C(O)C2C3C4CCC(C4)C32)s1. The lowest BCUT2D eigenvalue weighted by Gasteiger charge is -2.13. The largest absolute Gasteiger partial charge is 0.387 e. The van der Waals surface area contributed by atoms with Gasteiger partial charge in [0.25, 0.3) is 0 Å². The molecule has 2 bridgehead atoms. The molecule has 0 aromatic carbocycles. The van der Waals surface area contributed by atoms with Crippen molar-refractivity contribution in [3.63, 3.8) is 0 Å². The zero-order valence-electron chi connectivity index (χ0n) is 10.3. The Bertz CT molecular complexity index is 422. The molecule has 1 heterocycles. The molecular weight excluding hydrogens is 228 g/mol. The van der Waals surface area contributed by atoms with Crippen LogP contribution >= 0.6 is 11.3 Å². The predicted molar refractivity (Wildman–Crippen MR) is 70.0 cm³/mol. The van der Waals surface area contributed by atoms with Gasteiger partial charge in [0, 0.05) is 9.75 Å². The van der Waals surface area contributed by atoms with Crippen molar-refractivity contribution in [1.82, 2.24) is 0 Å². The van der Waals surface area contributed by atoms with Crippen LogP contribution in [-0.2, 0) is 6.42 Å². The summed E-state index contributed by atoms with van der Waals surface area (Å²) in [6.45, 7) is 2.19. The van der Waals surface area contributed by atoms with Crippen LogP contribution in [0.1, 0.15) is 42.0 Å². The first-order chi connectivity index (χ1) is 8.29. The fourth-order valence-corrected chi connectivity index (χ4v) is 5.75. The van der Waals surface area contributed by atoms with E-state index in [9.17, 15) is 5.11 Å². The minimum atomic E-state index is -0.154. The van der Waals surface area contributed by atoms with Crippen molar-refractivity contribution >= 4 is 11.3 Å². The van der Waals surface area contributed by atoms with Crippen molar-refractivity contribution in [3.05, 3.63) is 21.9 Å². The first-order valence-corrected chi connectivity index (χ1v) is 7.88. The van der Waals surface area contributed by atoms with Crippen LogP contribution in [0.4, 0.5) is 0 Å². The lowest BCUT2D eigenvalue weighted by Crippen LogP contribution is -2.06. The summed E-state index contributed by atoms with van der Waals surface area (Å²) in [6, 6.07) is 4.35. The van der Waals surface area contributed by atoms with E-state index in [4.69, 9.17) is 0 Å². The zero-order chi connectivity index (χ0) is 11.6. The van der Waals surface area contributed by atoms with Crippen LogP contribution < -0.4 is 0 Å². The van der Waals surface area contributed by atoms with Gasteiger partial charge in [-0.25, -0.2) is 0 Å². The maximum atomic E-state index is 10.5. The van der Waals surface area contributed by atoms with E-state index in [1.54, 1.807) is 0 Å². The van der Waals surface area contributed by atoms with Gasteiger partial charge in [0.1, 0.15) is 0 Å². The Morgan fingerprint density at radius 1 is 1.29 bits per heavy atom. The van der Waals surface area contributed by atoms with Crippen LogP contribution in [0.3, 0.4) is 0 Å². The number of fused-ring (bicyclic) bond motifs is 5. The third-order valence-electron chi connectivity index (χ3n) is 5.48. The van der Waals surface area contributed by atoms with Gasteiger partial charge < -0.3 is 5.11 Å². The zero-order valence-corrected chi connectivity index (χ0v) is 11.1. The molecule has 3 fully saturated rings. The molecule has 3 aliphatic carbocycles. The molecule has 0 saturated heterocycles. The van der Waals surface area contributed by atoms with E-state index in [-0.39, 0.29) is 6.10 Å². The van der Waals surface area contributed by atoms with E-state index in [0.29, 0.717) is 5.92 Å². The van der Waals surface area contributed by atoms with Gasteiger partial charge in [-0.15, -0.1) is 11.3 Å². The highest BCUT2D eigenvalue weighted by Crippen LogP contribution is 2.72. The first kappa shape index (κ1) is 10.6. The molecule has 1 aromatic heterocycles. The summed E-state index contributed by atoms with van der Waals surface area (Å²) in [5, 5.41) is 10.5. The first-order valence-electron chi connectivity index (χ1n) is 7.06. The normalized spacial score (nSPS) is 43.8. The number of hydrogen-bond donors (Lipinski definition) is 1. The van der Waals surface area contributed by atoms with Gasteiger partial charge in [-0.2, -0.15) is 0 Å². The van der Waals surface area contributed by atoms with Crippen molar-refractivity contribution in [2.45, 2.75) is 38.7 Å². The molecule has 1 aromatic rings. The van der Waals surface area contributed by atoms with Crippen molar-refractivity contribution in [2.24, 2.45) is 29.6 Å². The summed E-state index contributed by atoms with van der Waals surface area (Å²) in [5.74, 6) is 4.32. The van der Waals surface area contributed by atoms with E-state index < -0.39 is 0 Å². The maximum Gasteiger partial charge on any atom is 0.0915 e. The molecule has 5 unspecified atom stereocenters. The Kier molecular flexibility index (Phi) is 2.23. The highest BCUT2D eigenvalue weighted by Gasteiger charge is 2.66. The van der Waals surface area contributed by atoms with E-state index in [1.165, 1.54) is 29.0 Å². The number of thiophene rings is 1. The van der Waals surface area contributed by atoms with Crippen LogP contribution in [0.15, 0.2) is 12.1 Å². The monoisotopic (exact) mass is 248 g/mol. The molecule has 2 heteroatoms. The topological polar surface area (TPSA) is 20.2 Å². The quantitative estimate of drug-likeness (QED) is 0.866. The van der Waals surface area contributed by atoms with Gasteiger partial charge in [-0.1, -0.05) is 6.92 Å². The molecule has 1 nitrogen and oxygen atoms in total. The third-order valence-corrected chi connectivity index (χ3v) is 6.78. The smallest absolute Gasteiger partial charge is 0.0915 e. The van der Waals surface area contributed by atoms with Crippen LogP contribution in [0.5, 0.6) is 0 Å². The van der Waals surface area contributed by atoms with E-state index in [1.807, 2.05) is 11.3 Å². The van der Waals surface area contributed by atoms with Gasteiger partial charge in [0.15, 0.2) is 0 Å². The molecule has 4 rings (SSSR count). The minimum absolute atomic E-state index is 0.154. The minimum Gasteiger partial charge on any atom is -0.387 e. The molecule has 3 aliphatic rings. The van der Waals surface area contributed by atoms with Crippen molar-refractivity contribution in [1.29, 1.82) is 0 Å². The van der Waals surface area contributed by atoms with Gasteiger partial charge in [0.05, 0.1) is 6.10 Å². The average Bonchev–Trinajstić information content (AvgIpc) is 2.79. The van der Waals surface area contributed by atoms with Gasteiger partial charge in [-0.3, -0.25) is 0 Å². The lowest BCUT2D eigenvalue weighted by molar-refractivity contribution is 0.133.